The molecule has 0 saturated carbocycles. The zero-order chi connectivity index (χ0) is 22.9. The maximum Gasteiger partial charge on any atom is 0.349 e. The van der Waals surface area contributed by atoms with Crippen molar-refractivity contribution in [1.82, 2.24) is 20.1 Å². The summed E-state index contributed by atoms with van der Waals surface area (Å²) >= 11 is 5.99. The van der Waals surface area contributed by atoms with Gasteiger partial charge in [-0.05, 0) is 60.0 Å². The van der Waals surface area contributed by atoms with Crippen molar-refractivity contribution < 1.29 is 9.90 Å². The van der Waals surface area contributed by atoms with Crippen LogP contribution in [0.4, 0.5) is 11.6 Å². The number of carbonyl (C=O) groups excluding carboxylic acids is 1. The highest BCUT2D eigenvalue weighted by Gasteiger charge is 2.31. The SMILES string of the molecule is O=C(N[C@H]1Cc2ccccc2[C@H]1O)c1ccc(Nc2nn(-c3cccc(Cl)c3)c(=O)[nH]2)cc1. The molecule has 0 bridgehead atoms. The molecule has 1 aliphatic carbocycles. The second-order valence-electron chi connectivity index (χ2n) is 7.80. The van der Waals surface area contributed by atoms with E-state index in [1.54, 1.807) is 48.5 Å². The van der Waals surface area contributed by atoms with Crippen molar-refractivity contribution in [2.24, 2.45) is 0 Å². The number of fused-ring (bicyclic) bond motifs is 1. The van der Waals surface area contributed by atoms with Crippen LogP contribution in [0.3, 0.4) is 0 Å². The number of hydrogen-bond acceptors (Lipinski definition) is 5. The van der Waals surface area contributed by atoms with E-state index >= 15 is 0 Å². The van der Waals surface area contributed by atoms with Gasteiger partial charge < -0.3 is 15.7 Å². The Morgan fingerprint density at radius 3 is 2.64 bits per heavy atom. The van der Waals surface area contributed by atoms with E-state index in [4.69, 9.17) is 11.6 Å². The highest BCUT2D eigenvalue weighted by molar-refractivity contribution is 6.30. The van der Waals surface area contributed by atoms with Gasteiger partial charge in [0.2, 0.25) is 5.95 Å². The smallest absolute Gasteiger partial charge is 0.349 e. The van der Waals surface area contributed by atoms with Gasteiger partial charge in [-0.3, -0.25) is 9.78 Å². The number of nitrogens with one attached hydrogen (secondary N) is 3. The summed E-state index contributed by atoms with van der Waals surface area (Å²) in [6, 6.07) is 20.8. The van der Waals surface area contributed by atoms with Crippen LogP contribution in [0.15, 0.2) is 77.6 Å². The fourth-order valence-corrected chi connectivity index (χ4v) is 4.15. The van der Waals surface area contributed by atoms with E-state index in [9.17, 15) is 14.7 Å². The minimum Gasteiger partial charge on any atom is -0.386 e. The van der Waals surface area contributed by atoms with Gasteiger partial charge in [0.15, 0.2) is 0 Å². The van der Waals surface area contributed by atoms with Crippen molar-refractivity contribution in [3.8, 4) is 5.69 Å². The summed E-state index contributed by atoms with van der Waals surface area (Å²) in [5, 5.41) is 21.2. The summed E-state index contributed by atoms with van der Waals surface area (Å²) in [6.07, 6.45) is -0.136. The normalized spacial score (nSPS) is 16.9. The van der Waals surface area contributed by atoms with E-state index in [1.165, 1.54) is 4.68 Å². The van der Waals surface area contributed by atoms with Gasteiger partial charge in [-0.2, -0.15) is 4.68 Å². The number of aliphatic hydroxyl groups is 1. The number of hydrogen-bond donors (Lipinski definition) is 4. The molecule has 0 unspecified atom stereocenters. The van der Waals surface area contributed by atoms with E-state index in [0.717, 1.165) is 11.1 Å². The lowest BCUT2D eigenvalue weighted by atomic mass is 10.1. The minimum absolute atomic E-state index is 0.254. The molecule has 1 heterocycles. The number of anilines is 2. The second-order valence-corrected chi connectivity index (χ2v) is 8.24. The predicted molar refractivity (Wildman–Crippen MR) is 125 cm³/mol. The van der Waals surface area contributed by atoms with Gasteiger partial charge in [-0.1, -0.05) is 41.9 Å². The molecule has 0 spiro atoms. The minimum atomic E-state index is -0.725. The summed E-state index contributed by atoms with van der Waals surface area (Å²) < 4.78 is 1.21. The number of rotatable bonds is 5. The van der Waals surface area contributed by atoms with Crippen LogP contribution in [0.25, 0.3) is 5.69 Å². The summed E-state index contributed by atoms with van der Waals surface area (Å²) in [7, 11) is 0. The fourth-order valence-electron chi connectivity index (χ4n) is 3.96. The second kappa shape index (κ2) is 8.57. The summed E-state index contributed by atoms with van der Waals surface area (Å²) in [5.74, 6) is -0.0129. The quantitative estimate of drug-likeness (QED) is 0.364. The van der Waals surface area contributed by atoms with Gasteiger partial charge in [0, 0.05) is 16.3 Å². The van der Waals surface area contributed by atoms with Gasteiger partial charge in [0.25, 0.3) is 5.91 Å². The first-order valence-electron chi connectivity index (χ1n) is 10.4. The van der Waals surface area contributed by atoms with E-state index in [-0.39, 0.29) is 17.9 Å². The molecule has 4 aromatic rings. The van der Waals surface area contributed by atoms with Crippen molar-refractivity contribution in [1.29, 1.82) is 0 Å². The third-order valence-corrected chi connectivity index (χ3v) is 5.83. The van der Waals surface area contributed by atoms with Crippen LogP contribution in [0.1, 0.15) is 27.6 Å². The molecule has 0 radical (unpaired) electrons. The van der Waals surface area contributed by atoms with Crippen LogP contribution in [0.2, 0.25) is 5.02 Å². The highest BCUT2D eigenvalue weighted by Crippen LogP contribution is 2.31. The Kier molecular flexibility index (Phi) is 5.45. The van der Waals surface area contributed by atoms with Gasteiger partial charge in [-0.25, -0.2) is 4.79 Å². The van der Waals surface area contributed by atoms with Crippen molar-refractivity contribution in [3.63, 3.8) is 0 Å². The number of H-pyrrole nitrogens is 1. The highest BCUT2D eigenvalue weighted by atomic mass is 35.5. The number of aromatic nitrogens is 3. The summed E-state index contributed by atoms with van der Waals surface area (Å²) in [6.45, 7) is 0. The van der Waals surface area contributed by atoms with Crippen LogP contribution >= 0.6 is 11.6 Å². The predicted octanol–water partition coefficient (Wildman–Crippen LogP) is 3.35. The number of aromatic amines is 1. The number of aliphatic hydroxyl groups excluding tert-OH is 1. The molecule has 4 N–H and O–H groups in total. The Morgan fingerprint density at radius 1 is 1.09 bits per heavy atom. The zero-order valence-corrected chi connectivity index (χ0v) is 18.1. The molecule has 5 rings (SSSR count). The van der Waals surface area contributed by atoms with E-state index in [0.29, 0.717) is 28.4 Å². The van der Waals surface area contributed by atoms with E-state index in [1.807, 2.05) is 24.3 Å². The monoisotopic (exact) mass is 461 g/mol. The van der Waals surface area contributed by atoms with Crippen molar-refractivity contribution in [3.05, 3.63) is 105 Å². The number of nitrogens with zero attached hydrogens (tertiary/aromatic N) is 2. The molecule has 33 heavy (non-hydrogen) atoms. The van der Waals surface area contributed by atoms with Gasteiger partial charge >= 0.3 is 5.69 Å². The third-order valence-electron chi connectivity index (χ3n) is 5.59. The Bertz CT molecular complexity index is 1380. The molecular formula is C24H20ClN5O3. The number of benzene rings is 3. The van der Waals surface area contributed by atoms with Crippen molar-refractivity contribution in [2.75, 3.05) is 5.32 Å². The molecule has 9 heteroatoms. The maximum atomic E-state index is 12.7. The van der Waals surface area contributed by atoms with Crippen LogP contribution in [0, 0.1) is 0 Å². The lowest BCUT2D eigenvalue weighted by Crippen LogP contribution is -2.37. The molecule has 2 atom stereocenters. The number of carbonyl (C=O) groups is 1. The van der Waals surface area contributed by atoms with E-state index < -0.39 is 11.8 Å². The average Bonchev–Trinajstić information content (AvgIpc) is 3.33. The van der Waals surface area contributed by atoms with Gasteiger partial charge in [-0.15, -0.1) is 5.10 Å². The topological polar surface area (TPSA) is 112 Å². The first-order valence-corrected chi connectivity index (χ1v) is 10.7. The molecule has 1 aliphatic rings. The van der Waals surface area contributed by atoms with Crippen LogP contribution in [0.5, 0.6) is 0 Å². The largest absolute Gasteiger partial charge is 0.386 e. The Balaban J connectivity index is 1.25. The summed E-state index contributed by atoms with van der Waals surface area (Å²) in [4.78, 5) is 27.6. The molecule has 3 aromatic carbocycles. The van der Waals surface area contributed by atoms with E-state index in [2.05, 4.69) is 20.7 Å². The third kappa shape index (κ3) is 4.26. The molecule has 0 aliphatic heterocycles. The molecule has 1 amide bonds. The van der Waals surface area contributed by atoms with Gasteiger partial charge in [0.1, 0.15) is 0 Å². The molecular weight excluding hydrogens is 442 g/mol. The molecule has 8 nitrogen and oxygen atoms in total. The molecule has 166 valence electrons. The van der Waals surface area contributed by atoms with Gasteiger partial charge in [0.05, 0.1) is 17.8 Å². The maximum absolute atomic E-state index is 12.7. The lowest BCUT2D eigenvalue weighted by Gasteiger charge is -2.17. The number of halogens is 1. The molecule has 0 saturated heterocycles. The average molecular weight is 462 g/mol. The van der Waals surface area contributed by atoms with Crippen molar-refractivity contribution in [2.45, 2.75) is 18.6 Å². The standard InChI is InChI=1S/C24H20ClN5O3/c25-16-5-3-6-18(13-16)30-24(33)28-23(29-30)26-17-10-8-14(9-11-17)22(32)27-20-12-15-4-1-2-7-19(15)21(20)31/h1-11,13,20-21,31H,12H2,(H,27,32)(H2,26,28,29,33)/t20-,21+/m0/s1. The zero-order valence-electron chi connectivity index (χ0n) is 17.3. The van der Waals surface area contributed by atoms with Crippen molar-refractivity contribution >= 4 is 29.1 Å². The Labute approximate surface area is 193 Å². The van der Waals surface area contributed by atoms with Crippen LogP contribution < -0.4 is 16.3 Å². The summed E-state index contributed by atoms with van der Waals surface area (Å²) in [5.41, 5.74) is 3.13. The number of amides is 1. The van der Waals surface area contributed by atoms with Crippen LogP contribution in [-0.2, 0) is 6.42 Å². The first-order chi connectivity index (χ1) is 16.0. The lowest BCUT2D eigenvalue weighted by molar-refractivity contribution is 0.0858. The fraction of sp³-hybridized carbons (Fsp3) is 0.125. The molecule has 1 aromatic heterocycles. The Hall–Kier alpha value is -3.88. The Morgan fingerprint density at radius 2 is 1.88 bits per heavy atom. The molecule has 0 fully saturated rings. The van der Waals surface area contributed by atoms with Crippen LogP contribution in [-0.4, -0.2) is 31.8 Å². The first kappa shape index (κ1) is 21.0.